The van der Waals surface area contributed by atoms with E-state index in [1.165, 1.54) is 12.1 Å². The number of piperidine rings is 1. The van der Waals surface area contributed by atoms with Gasteiger partial charge in [0.15, 0.2) is 0 Å². The third kappa shape index (κ3) is 7.82. The van der Waals surface area contributed by atoms with Gasteiger partial charge in [-0.3, -0.25) is 9.59 Å². The number of aliphatic hydroxyl groups excluding tert-OH is 1. The maximum Gasteiger partial charge on any atom is 0.416 e. The highest BCUT2D eigenvalue weighted by atomic mass is 19.4. The molecule has 2 saturated heterocycles. The molecule has 1 amide bonds. The highest BCUT2D eigenvalue weighted by molar-refractivity contribution is 6.36. The van der Waals surface area contributed by atoms with Crippen molar-refractivity contribution < 1.29 is 45.4 Å². The SMILES string of the molecule is Fc1ccccc1.O=C1CCC2CCCN2C1=O.OCc1cc(C(F)(F)F)cc(C(F)(F)F)c1. The highest BCUT2D eigenvalue weighted by Gasteiger charge is 2.37. The average Bonchev–Trinajstić information content (AvgIpc) is 3.26. The molecule has 0 aromatic heterocycles. The maximum atomic E-state index is 12.2. The van der Waals surface area contributed by atoms with Crippen LogP contribution in [0.2, 0.25) is 0 Å². The first-order valence-electron chi connectivity index (χ1n) is 10.3. The van der Waals surface area contributed by atoms with Gasteiger partial charge in [-0.1, -0.05) is 18.2 Å². The number of rotatable bonds is 1. The summed E-state index contributed by atoms with van der Waals surface area (Å²) < 4.78 is 85.2. The standard InChI is InChI=1S/C9H6F6O.C8H11NO2.C6H5F/c10-8(11,12)6-1-5(4-16)2-7(3-6)9(13,14)15;10-7-4-3-6-2-1-5-9(6)8(7)11;7-6-4-2-1-3-5-6/h1-3,16H,4H2;6H,1-5H2;1-5H. The number of Topliss-reactive ketones (excluding diaryl/α,β-unsaturated/α-hetero) is 1. The lowest BCUT2D eigenvalue weighted by molar-refractivity contribution is -0.148. The van der Waals surface area contributed by atoms with E-state index in [0.717, 1.165) is 25.8 Å². The number of nitrogens with zero attached hydrogens (tertiary/aromatic N) is 1. The Morgan fingerprint density at radius 2 is 1.44 bits per heavy atom. The molecule has 1 N–H and O–H groups in total. The first kappa shape index (κ1) is 27.3. The second kappa shape index (κ2) is 11.5. The Morgan fingerprint density at radius 1 is 0.882 bits per heavy atom. The van der Waals surface area contributed by atoms with Crippen molar-refractivity contribution in [2.75, 3.05) is 6.54 Å². The fourth-order valence-electron chi connectivity index (χ4n) is 3.49. The zero-order valence-electron chi connectivity index (χ0n) is 17.8. The van der Waals surface area contributed by atoms with Gasteiger partial charge in [0.05, 0.1) is 17.7 Å². The minimum atomic E-state index is -4.87. The minimum Gasteiger partial charge on any atom is -0.392 e. The summed E-state index contributed by atoms with van der Waals surface area (Å²) in [6, 6.07) is 9.30. The van der Waals surface area contributed by atoms with E-state index >= 15 is 0 Å². The molecule has 186 valence electrons. The van der Waals surface area contributed by atoms with E-state index < -0.39 is 35.6 Å². The zero-order valence-corrected chi connectivity index (χ0v) is 17.8. The van der Waals surface area contributed by atoms with Crippen molar-refractivity contribution in [1.29, 1.82) is 0 Å². The van der Waals surface area contributed by atoms with Gasteiger partial charge in [0, 0.05) is 19.0 Å². The molecule has 4 rings (SSSR count). The molecule has 2 aromatic carbocycles. The van der Waals surface area contributed by atoms with Crippen LogP contribution in [0.5, 0.6) is 0 Å². The van der Waals surface area contributed by atoms with Crippen molar-refractivity contribution in [3.63, 3.8) is 0 Å². The molecule has 34 heavy (non-hydrogen) atoms. The van der Waals surface area contributed by atoms with Gasteiger partial charge in [0.2, 0.25) is 5.78 Å². The van der Waals surface area contributed by atoms with E-state index in [4.69, 9.17) is 5.11 Å². The van der Waals surface area contributed by atoms with Crippen molar-refractivity contribution >= 4 is 11.7 Å². The summed E-state index contributed by atoms with van der Waals surface area (Å²) in [5.41, 5.74) is -3.28. The van der Waals surface area contributed by atoms with Crippen LogP contribution in [-0.4, -0.2) is 34.3 Å². The highest BCUT2D eigenvalue weighted by Crippen LogP contribution is 2.36. The smallest absolute Gasteiger partial charge is 0.392 e. The van der Waals surface area contributed by atoms with Crippen LogP contribution in [0.4, 0.5) is 30.7 Å². The molecule has 0 saturated carbocycles. The van der Waals surface area contributed by atoms with E-state index in [0.29, 0.717) is 24.6 Å². The molecule has 0 aliphatic carbocycles. The summed E-state index contributed by atoms with van der Waals surface area (Å²) in [4.78, 5) is 23.9. The van der Waals surface area contributed by atoms with Gasteiger partial charge in [-0.25, -0.2) is 4.39 Å². The monoisotopic (exact) mass is 493 g/mol. The predicted molar refractivity (Wildman–Crippen MR) is 108 cm³/mol. The zero-order chi connectivity index (χ0) is 25.5. The van der Waals surface area contributed by atoms with E-state index in [2.05, 4.69) is 0 Å². The molecular weight excluding hydrogens is 471 g/mol. The van der Waals surface area contributed by atoms with Crippen molar-refractivity contribution in [2.24, 2.45) is 0 Å². The molecule has 2 aliphatic heterocycles. The van der Waals surface area contributed by atoms with Crippen LogP contribution in [0, 0.1) is 5.82 Å². The molecule has 1 unspecified atom stereocenters. The van der Waals surface area contributed by atoms with Gasteiger partial charge in [0.1, 0.15) is 5.82 Å². The Balaban J connectivity index is 0.000000195. The molecule has 2 aliphatic rings. The molecule has 0 bridgehead atoms. The van der Waals surface area contributed by atoms with E-state index in [9.17, 15) is 40.3 Å². The normalized spacial score (nSPS) is 17.9. The molecular formula is C23H22F7NO3. The molecule has 0 spiro atoms. The van der Waals surface area contributed by atoms with Gasteiger partial charge in [-0.15, -0.1) is 0 Å². The fourth-order valence-corrected chi connectivity index (χ4v) is 3.49. The fraction of sp³-hybridized carbons (Fsp3) is 0.391. The second-order valence-electron chi connectivity index (χ2n) is 7.62. The summed E-state index contributed by atoms with van der Waals surface area (Å²) in [7, 11) is 0. The van der Waals surface area contributed by atoms with Crippen molar-refractivity contribution in [3.05, 3.63) is 71.0 Å². The van der Waals surface area contributed by atoms with Crippen LogP contribution in [0.15, 0.2) is 48.5 Å². The first-order chi connectivity index (χ1) is 15.8. The minimum absolute atomic E-state index is 0.0131. The van der Waals surface area contributed by atoms with Gasteiger partial charge in [-0.2, -0.15) is 26.3 Å². The lowest BCUT2D eigenvalue weighted by Crippen LogP contribution is -2.44. The summed E-state index contributed by atoms with van der Waals surface area (Å²) in [6.45, 7) is -0.0811. The van der Waals surface area contributed by atoms with Crippen molar-refractivity contribution in [2.45, 2.75) is 50.7 Å². The number of halogens is 7. The van der Waals surface area contributed by atoms with E-state index in [-0.39, 0.29) is 23.6 Å². The predicted octanol–water partition coefficient (Wildman–Crippen LogP) is 5.38. The number of carbonyl (C=O) groups is 2. The van der Waals surface area contributed by atoms with E-state index in [1.807, 2.05) is 0 Å². The summed E-state index contributed by atoms with van der Waals surface area (Å²) in [5, 5.41) is 8.58. The molecule has 2 fully saturated rings. The van der Waals surface area contributed by atoms with Crippen LogP contribution >= 0.6 is 0 Å². The van der Waals surface area contributed by atoms with Crippen LogP contribution < -0.4 is 0 Å². The average molecular weight is 493 g/mol. The molecule has 0 radical (unpaired) electrons. The Kier molecular flexibility index (Phi) is 9.20. The summed E-state index contributed by atoms with van der Waals surface area (Å²) in [5.74, 6) is -0.607. The second-order valence-corrected chi connectivity index (χ2v) is 7.62. The van der Waals surface area contributed by atoms with Crippen molar-refractivity contribution in [3.8, 4) is 0 Å². The largest absolute Gasteiger partial charge is 0.416 e. The number of hydrogen-bond donors (Lipinski definition) is 1. The number of amides is 1. The number of hydrogen-bond acceptors (Lipinski definition) is 3. The first-order valence-corrected chi connectivity index (χ1v) is 10.3. The number of aliphatic hydroxyl groups is 1. The van der Waals surface area contributed by atoms with Gasteiger partial charge in [0.25, 0.3) is 5.91 Å². The topological polar surface area (TPSA) is 57.6 Å². The van der Waals surface area contributed by atoms with Crippen LogP contribution in [0.25, 0.3) is 0 Å². The summed E-state index contributed by atoms with van der Waals surface area (Å²) >= 11 is 0. The number of fused-ring (bicyclic) bond motifs is 1. The Hall–Kier alpha value is -2.95. The van der Waals surface area contributed by atoms with Crippen molar-refractivity contribution in [1.82, 2.24) is 4.90 Å². The van der Waals surface area contributed by atoms with Gasteiger partial charge < -0.3 is 10.0 Å². The maximum absolute atomic E-state index is 12.2. The Labute approximate surface area is 191 Å². The van der Waals surface area contributed by atoms with Crippen LogP contribution in [-0.2, 0) is 28.5 Å². The van der Waals surface area contributed by atoms with Crippen LogP contribution in [0.3, 0.4) is 0 Å². The number of carbonyl (C=O) groups excluding carboxylic acids is 2. The third-order valence-corrected chi connectivity index (χ3v) is 5.14. The molecule has 4 nitrogen and oxygen atoms in total. The Morgan fingerprint density at radius 3 is 1.88 bits per heavy atom. The summed E-state index contributed by atoms with van der Waals surface area (Å²) in [6.07, 6.45) is -6.20. The lowest BCUT2D eigenvalue weighted by atomic mass is 10.0. The van der Waals surface area contributed by atoms with E-state index in [1.54, 1.807) is 23.1 Å². The number of alkyl halides is 6. The molecule has 2 aromatic rings. The molecule has 1 atom stereocenters. The third-order valence-electron chi connectivity index (χ3n) is 5.14. The van der Waals surface area contributed by atoms with Gasteiger partial charge in [-0.05, 0) is 55.2 Å². The van der Waals surface area contributed by atoms with Crippen LogP contribution in [0.1, 0.15) is 42.4 Å². The molecule has 2 heterocycles. The van der Waals surface area contributed by atoms with Gasteiger partial charge >= 0.3 is 12.4 Å². The quantitative estimate of drug-likeness (QED) is 0.429. The number of ketones is 1. The lowest BCUT2D eigenvalue weighted by Gasteiger charge is -2.27. The number of benzene rings is 2. The Bertz CT molecular complexity index is 943. The molecule has 11 heteroatoms.